The molecule has 2 rings (SSSR count). The van der Waals surface area contributed by atoms with Crippen molar-refractivity contribution in [2.75, 3.05) is 18.4 Å². The number of piperidine rings is 1. The van der Waals surface area contributed by atoms with E-state index in [-0.39, 0.29) is 18.9 Å². The van der Waals surface area contributed by atoms with Crippen LogP contribution in [-0.2, 0) is 4.79 Å². The zero-order chi connectivity index (χ0) is 17.2. The third kappa shape index (κ3) is 4.99. The Hall–Kier alpha value is -0.980. The number of carbonyl (C=O) groups excluding carboxylic acids is 1. The molecule has 3 nitrogen and oxygen atoms in total. The van der Waals surface area contributed by atoms with Gasteiger partial charge in [0, 0.05) is 22.3 Å². The molecule has 1 aromatic carbocycles. The highest BCUT2D eigenvalue weighted by atomic mass is 35.5. The van der Waals surface area contributed by atoms with E-state index in [1.54, 1.807) is 11.8 Å². The molecule has 1 aliphatic rings. The molecule has 1 amide bonds. The summed E-state index contributed by atoms with van der Waals surface area (Å²) in [5.41, 5.74) is 0.420. The maximum atomic E-state index is 12.9. The molecule has 0 unspecified atom stereocenters. The molecule has 1 aliphatic heterocycles. The van der Waals surface area contributed by atoms with E-state index in [1.165, 1.54) is 18.2 Å². The van der Waals surface area contributed by atoms with Gasteiger partial charge in [-0.25, -0.2) is 0 Å². The van der Waals surface area contributed by atoms with Gasteiger partial charge in [-0.05, 0) is 44.5 Å². The third-order valence-electron chi connectivity index (χ3n) is 3.97. The Balaban J connectivity index is 2.01. The van der Waals surface area contributed by atoms with Gasteiger partial charge < -0.3 is 5.32 Å². The van der Waals surface area contributed by atoms with Crippen LogP contribution in [0.2, 0.25) is 10.0 Å². The van der Waals surface area contributed by atoms with Crippen LogP contribution in [0.5, 0.6) is 0 Å². The highest BCUT2D eigenvalue weighted by Gasteiger charge is 2.43. The first-order valence-electron chi connectivity index (χ1n) is 7.24. The van der Waals surface area contributed by atoms with Crippen LogP contribution in [0.15, 0.2) is 18.2 Å². The largest absolute Gasteiger partial charge is 0.393 e. The van der Waals surface area contributed by atoms with Gasteiger partial charge in [0.2, 0.25) is 5.91 Å². The molecule has 1 fully saturated rings. The average molecular weight is 369 g/mol. The van der Waals surface area contributed by atoms with E-state index in [0.717, 1.165) is 0 Å². The first-order valence-corrected chi connectivity index (χ1v) is 8.00. The van der Waals surface area contributed by atoms with Gasteiger partial charge in [-0.1, -0.05) is 23.2 Å². The second-order valence-corrected chi connectivity index (χ2v) is 6.57. The van der Waals surface area contributed by atoms with E-state index >= 15 is 0 Å². The van der Waals surface area contributed by atoms with Gasteiger partial charge in [0.05, 0.1) is 12.0 Å². The minimum Gasteiger partial charge on any atom is -0.325 e. The van der Waals surface area contributed by atoms with Gasteiger partial charge in [-0.3, -0.25) is 9.69 Å². The molecule has 0 aromatic heterocycles. The van der Waals surface area contributed by atoms with Gasteiger partial charge in [0.25, 0.3) is 0 Å². The number of benzene rings is 1. The van der Waals surface area contributed by atoms with Gasteiger partial charge in [0.1, 0.15) is 0 Å². The Bertz CT molecular complexity index is 560. The summed E-state index contributed by atoms with van der Waals surface area (Å²) in [6.45, 7) is 1.91. The molecule has 1 saturated heterocycles. The van der Waals surface area contributed by atoms with Crippen molar-refractivity contribution < 1.29 is 18.0 Å². The van der Waals surface area contributed by atoms with Crippen molar-refractivity contribution in [3.05, 3.63) is 28.2 Å². The third-order valence-corrected chi connectivity index (χ3v) is 4.41. The minimum absolute atomic E-state index is 0.109. The number of nitrogens with zero attached hydrogens (tertiary/aromatic N) is 1. The van der Waals surface area contributed by atoms with Crippen LogP contribution >= 0.6 is 23.2 Å². The van der Waals surface area contributed by atoms with Crippen molar-refractivity contribution >= 4 is 34.8 Å². The molecule has 0 bridgehead atoms. The molecule has 2 atom stereocenters. The number of nitrogens with one attached hydrogen (secondary N) is 1. The van der Waals surface area contributed by atoms with Crippen molar-refractivity contribution in [3.8, 4) is 0 Å². The van der Waals surface area contributed by atoms with E-state index in [4.69, 9.17) is 23.2 Å². The predicted molar refractivity (Wildman–Crippen MR) is 84.9 cm³/mol. The van der Waals surface area contributed by atoms with Crippen molar-refractivity contribution in [1.82, 2.24) is 4.90 Å². The van der Waals surface area contributed by atoms with E-state index in [0.29, 0.717) is 28.7 Å². The van der Waals surface area contributed by atoms with Crippen molar-refractivity contribution in [3.63, 3.8) is 0 Å². The Morgan fingerprint density at radius 3 is 2.48 bits per heavy atom. The molecule has 1 N–H and O–H groups in total. The summed E-state index contributed by atoms with van der Waals surface area (Å²) in [5.74, 6) is -1.77. The number of halogens is 5. The van der Waals surface area contributed by atoms with E-state index in [1.807, 2.05) is 0 Å². The Labute approximate surface area is 142 Å². The van der Waals surface area contributed by atoms with Gasteiger partial charge >= 0.3 is 6.18 Å². The van der Waals surface area contributed by atoms with Crippen LogP contribution in [0, 0.1) is 5.92 Å². The molecular formula is C15H17Cl2F3N2O. The normalized spacial score (nSPS) is 21.0. The number of hydrogen-bond acceptors (Lipinski definition) is 2. The maximum absolute atomic E-state index is 12.9. The van der Waals surface area contributed by atoms with Crippen LogP contribution in [0.3, 0.4) is 0 Å². The van der Waals surface area contributed by atoms with E-state index in [9.17, 15) is 18.0 Å². The summed E-state index contributed by atoms with van der Waals surface area (Å²) in [6.07, 6.45) is -3.70. The first kappa shape index (κ1) is 18.4. The standard InChI is InChI=1S/C15H17Cl2F3N2O/c1-9(22-4-2-3-10(8-22)15(18,19)20)14(23)21-13-6-11(16)5-12(17)7-13/h5-7,9-10H,2-4,8H2,1H3,(H,21,23)/t9-,10+/m1/s1. The van der Waals surface area contributed by atoms with E-state index in [2.05, 4.69) is 5.32 Å². The monoisotopic (exact) mass is 368 g/mol. The van der Waals surface area contributed by atoms with Crippen LogP contribution in [-0.4, -0.2) is 36.1 Å². The fourth-order valence-electron chi connectivity index (χ4n) is 2.66. The predicted octanol–water partition coefficient (Wildman–Crippen LogP) is 4.59. The lowest BCUT2D eigenvalue weighted by Crippen LogP contribution is -2.49. The number of likely N-dealkylation sites (tertiary alicyclic amines) is 1. The van der Waals surface area contributed by atoms with Gasteiger partial charge in [-0.15, -0.1) is 0 Å². The quantitative estimate of drug-likeness (QED) is 0.845. The molecule has 0 saturated carbocycles. The number of carbonyl (C=O) groups is 1. The second-order valence-electron chi connectivity index (χ2n) is 5.70. The zero-order valence-corrected chi connectivity index (χ0v) is 14.0. The Morgan fingerprint density at radius 2 is 1.91 bits per heavy atom. The van der Waals surface area contributed by atoms with Crippen molar-refractivity contribution in [2.24, 2.45) is 5.92 Å². The average Bonchev–Trinajstić information content (AvgIpc) is 2.44. The summed E-state index contributed by atoms with van der Waals surface area (Å²) in [4.78, 5) is 13.8. The lowest BCUT2D eigenvalue weighted by molar-refractivity contribution is -0.188. The molecule has 1 heterocycles. The number of anilines is 1. The minimum atomic E-state index is -4.23. The summed E-state index contributed by atoms with van der Waals surface area (Å²) in [6, 6.07) is 3.93. The summed E-state index contributed by atoms with van der Waals surface area (Å²) >= 11 is 11.7. The first-order chi connectivity index (χ1) is 10.7. The molecule has 128 valence electrons. The second kappa shape index (κ2) is 7.28. The topological polar surface area (TPSA) is 32.3 Å². The number of alkyl halides is 3. The molecule has 0 aliphatic carbocycles. The number of hydrogen-bond donors (Lipinski definition) is 1. The molecule has 0 radical (unpaired) electrons. The van der Waals surface area contributed by atoms with E-state index < -0.39 is 18.1 Å². The molecule has 8 heteroatoms. The smallest absolute Gasteiger partial charge is 0.325 e. The summed E-state index contributed by atoms with van der Waals surface area (Å²) < 4.78 is 38.6. The summed E-state index contributed by atoms with van der Waals surface area (Å²) in [5, 5.41) is 3.39. The SMILES string of the molecule is C[C@H](C(=O)Nc1cc(Cl)cc(Cl)c1)N1CCC[C@H](C(F)(F)F)C1. The molecular weight excluding hydrogens is 352 g/mol. The number of rotatable bonds is 3. The van der Waals surface area contributed by atoms with Crippen molar-refractivity contribution in [1.29, 1.82) is 0 Å². The number of amides is 1. The lowest BCUT2D eigenvalue weighted by atomic mass is 9.96. The zero-order valence-electron chi connectivity index (χ0n) is 12.5. The highest BCUT2D eigenvalue weighted by molar-refractivity contribution is 6.35. The Kier molecular flexibility index (Phi) is 5.81. The molecule has 0 spiro atoms. The highest BCUT2D eigenvalue weighted by Crippen LogP contribution is 2.33. The van der Waals surface area contributed by atoms with Crippen LogP contribution < -0.4 is 5.32 Å². The lowest BCUT2D eigenvalue weighted by Gasteiger charge is -2.36. The van der Waals surface area contributed by atoms with Gasteiger partial charge in [-0.2, -0.15) is 13.2 Å². The fraction of sp³-hybridized carbons (Fsp3) is 0.533. The van der Waals surface area contributed by atoms with Crippen LogP contribution in [0.4, 0.5) is 18.9 Å². The van der Waals surface area contributed by atoms with Crippen LogP contribution in [0.25, 0.3) is 0 Å². The maximum Gasteiger partial charge on any atom is 0.393 e. The Morgan fingerprint density at radius 1 is 1.30 bits per heavy atom. The van der Waals surface area contributed by atoms with Crippen molar-refractivity contribution in [2.45, 2.75) is 32.0 Å². The van der Waals surface area contributed by atoms with Gasteiger partial charge in [0.15, 0.2) is 0 Å². The molecule has 1 aromatic rings. The summed E-state index contributed by atoms with van der Waals surface area (Å²) in [7, 11) is 0. The van der Waals surface area contributed by atoms with Crippen LogP contribution in [0.1, 0.15) is 19.8 Å². The fourth-order valence-corrected chi connectivity index (χ4v) is 3.19. The molecule has 23 heavy (non-hydrogen) atoms.